The standard InChI is InChI=1S/C15H18N5O6P/c1-8(2)25-27(22)23-6-15(5-16)13(26-27)11(21)12(24-15)9-3-4-10-14(17)18-7-19-20(9)10/h3-4,7-8,11-13,21H,6H2,1-2H3,(H2,17,18,19)/t11-,12?,13-,15+,27?/m0/s1. The third-order valence-corrected chi connectivity index (χ3v) is 6.04. The molecule has 4 heterocycles. The number of ether oxygens (including phenoxy) is 1. The summed E-state index contributed by atoms with van der Waals surface area (Å²) in [6.45, 7) is 2.96. The molecule has 0 aliphatic carbocycles. The molecular formula is C15H18N5O6P. The Morgan fingerprint density at radius 2 is 2.33 bits per heavy atom. The van der Waals surface area contributed by atoms with Gasteiger partial charge in [-0.15, -0.1) is 0 Å². The van der Waals surface area contributed by atoms with Crippen LogP contribution in [0.2, 0.25) is 0 Å². The zero-order valence-corrected chi connectivity index (χ0v) is 15.4. The SMILES string of the molecule is CC(C)OP1(=O)OC[C@@]2(C#N)OC(c3ccc4c(N)ncnn34)[C@H](O)[C@@H]2O1. The molecule has 0 saturated carbocycles. The van der Waals surface area contributed by atoms with E-state index in [-0.39, 0.29) is 12.4 Å². The Bertz CT molecular complexity index is 973. The molecule has 3 N–H and O–H groups in total. The number of hydrogen-bond donors (Lipinski definition) is 2. The summed E-state index contributed by atoms with van der Waals surface area (Å²) in [6, 6.07) is 5.30. The average molecular weight is 395 g/mol. The van der Waals surface area contributed by atoms with Crippen molar-refractivity contribution in [3.05, 3.63) is 24.2 Å². The van der Waals surface area contributed by atoms with Crippen LogP contribution in [0.4, 0.5) is 5.82 Å². The molecule has 2 aliphatic heterocycles. The fraction of sp³-hybridized carbons (Fsp3) is 0.533. The summed E-state index contributed by atoms with van der Waals surface area (Å²) in [5.74, 6) is 0.255. The van der Waals surface area contributed by atoms with Gasteiger partial charge in [0.05, 0.1) is 11.8 Å². The van der Waals surface area contributed by atoms with Gasteiger partial charge >= 0.3 is 7.82 Å². The molecule has 2 fully saturated rings. The Kier molecular flexibility index (Phi) is 4.23. The quantitative estimate of drug-likeness (QED) is 0.718. The third kappa shape index (κ3) is 2.82. The molecule has 11 nitrogen and oxygen atoms in total. The van der Waals surface area contributed by atoms with E-state index in [1.165, 1.54) is 10.8 Å². The lowest BCUT2D eigenvalue weighted by atomic mass is 9.96. The molecule has 2 unspecified atom stereocenters. The summed E-state index contributed by atoms with van der Waals surface area (Å²) < 4.78 is 35.8. The molecule has 12 heteroatoms. The van der Waals surface area contributed by atoms with Gasteiger partial charge < -0.3 is 15.6 Å². The molecule has 2 aliphatic rings. The van der Waals surface area contributed by atoms with Crippen LogP contribution in [-0.4, -0.2) is 50.2 Å². The summed E-state index contributed by atoms with van der Waals surface area (Å²) in [5.41, 5.74) is 5.16. The number of anilines is 1. The predicted octanol–water partition coefficient (Wildman–Crippen LogP) is 0.955. The van der Waals surface area contributed by atoms with Gasteiger partial charge in [-0.25, -0.2) is 14.1 Å². The van der Waals surface area contributed by atoms with E-state index in [2.05, 4.69) is 10.1 Å². The van der Waals surface area contributed by atoms with Crippen LogP contribution in [0.5, 0.6) is 0 Å². The maximum absolute atomic E-state index is 12.7. The van der Waals surface area contributed by atoms with Crippen LogP contribution < -0.4 is 5.73 Å². The van der Waals surface area contributed by atoms with E-state index in [0.29, 0.717) is 11.2 Å². The van der Waals surface area contributed by atoms with Crippen LogP contribution in [0.3, 0.4) is 0 Å². The summed E-state index contributed by atoms with van der Waals surface area (Å²) in [7, 11) is -3.94. The number of rotatable bonds is 3. The molecule has 0 radical (unpaired) electrons. The highest BCUT2D eigenvalue weighted by molar-refractivity contribution is 7.48. The normalized spacial score (nSPS) is 36.0. The second kappa shape index (κ2) is 6.24. The molecule has 2 aromatic heterocycles. The number of nitrogens with zero attached hydrogens (tertiary/aromatic N) is 4. The minimum absolute atomic E-state index is 0.255. The number of fused-ring (bicyclic) bond motifs is 2. The highest BCUT2D eigenvalue weighted by Gasteiger charge is 2.63. The van der Waals surface area contributed by atoms with Gasteiger partial charge in [-0.2, -0.15) is 10.4 Å². The third-order valence-electron chi connectivity index (χ3n) is 4.43. The summed E-state index contributed by atoms with van der Waals surface area (Å²) >= 11 is 0. The van der Waals surface area contributed by atoms with E-state index < -0.39 is 37.8 Å². The highest BCUT2D eigenvalue weighted by Crippen LogP contribution is 2.60. The van der Waals surface area contributed by atoms with Crippen molar-refractivity contribution in [2.45, 2.75) is 43.9 Å². The minimum atomic E-state index is -3.94. The van der Waals surface area contributed by atoms with E-state index in [1.807, 2.05) is 6.07 Å². The number of hydrogen-bond acceptors (Lipinski definition) is 10. The molecule has 27 heavy (non-hydrogen) atoms. The van der Waals surface area contributed by atoms with Gasteiger partial charge in [0.1, 0.15) is 42.8 Å². The fourth-order valence-electron chi connectivity index (χ4n) is 3.27. The number of phosphoric acid groups is 1. The number of phosphoric ester groups is 1. The molecule has 144 valence electrons. The molecule has 0 spiro atoms. The van der Waals surface area contributed by atoms with E-state index in [1.54, 1.807) is 26.0 Å². The highest BCUT2D eigenvalue weighted by atomic mass is 31.2. The summed E-state index contributed by atoms with van der Waals surface area (Å²) in [4.78, 5) is 3.91. The second-order valence-electron chi connectivity index (χ2n) is 6.63. The van der Waals surface area contributed by atoms with Gasteiger partial charge in [-0.1, -0.05) is 0 Å². The van der Waals surface area contributed by atoms with Gasteiger partial charge in [-0.3, -0.25) is 13.6 Å². The Hall–Kier alpha value is -2.06. The zero-order valence-electron chi connectivity index (χ0n) is 14.6. The molecule has 0 bridgehead atoms. The largest absolute Gasteiger partial charge is 0.475 e. The Morgan fingerprint density at radius 3 is 3.04 bits per heavy atom. The summed E-state index contributed by atoms with van der Waals surface area (Å²) in [6.07, 6.45) is -2.69. The molecular weight excluding hydrogens is 377 g/mol. The lowest BCUT2D eigenvalue weighted by Crippen LogP contribution is -2.50. The monoisotopic (exact) mass is 395 g/mol. The van der Waals surface area contributed by atoms with Crippen LogP contribution in [0.15, 0.2) is 18.5 Å². The zero-order chi connectivity index (χ0) is 19.4. The molecule has 4 rings (SSSR count). The van der Waals surface area contributed by atoms with Gasteiger partial charge in [0.15, 0.2) is 5.82 Å². The van der Waals surface area contributed by atoms with Crippen LogP contribution in [0.1, 0.15) is 25.6 Å². The van der Waals surface area contributed by atoms with E-state index in [0.717, 1.165) is 0 Å². The molecule has 5 atom stereocenters. The van der Waals surface area contributed by atoms with Crippen molar-refractivity contribution in [1.29, 1.82) is 5.26 Å². The number of nitrogens with two attached hydrogens (primary N) is 1. The Labute approximate surface area is 154 Å². The van der Waals surface area contributed by atoms with E-state index in [9.17, 15) is 14.9 Å². The van der Waals surface area contributed by atoms with Gasteiger partial charge in [0.25, 0.3) is 0 Å². The first-order valence-electron chi connectivity index (χ1n) is 8.25. The average Bonchev–Trinajstić information content (AvgIpc) is 3.15. The fourth-order valence-corrected chi connectivity index (χ4v) is 4.88. The number of nitriles is 1. The lowest BCUT2D eigenvalue weighted by molar-refractivity contribution is -0.106. The van der Waals surface area contributed by atoms with Crippen molar-refractivity contribution in [2.24, 2.45) is 0 Å². The van der Waals surface area contributed by atoms with E-state index >= 15 is 0 Å². The Morgan fingerprint density at radius 1 is 1.56 bits per heavy atom. The number of aromatic nitrogens is 3. The first kappa shape index (κ1) is 18.3. The molecule has 0 amide bonds. The molecule has 2 saturated heterocycles. The minimum Gasteiger partial charge on any atom is -0.387 e. The number of nitrogen functional groups attached to an aromatic ring is 1. The van der Waals surface area contributed by atoms with Gasteiger partial charge in [0.2, 0.25) is 5.60 Å². The van der Waals surface area contributed by atoms with Crippen LogP contribution >= 0.6 is 7.82 Å². The van der Waals surface area contributed by atoms with E-state index in [4.69, 9.17) is 24.0 Å². The maximum atomic E-state index is 12.7. The molecule has 0 aromatic carbocycles. The Balaban J connectivity index is 1.71. The van der Waals surface area contributed by atoms with Crippen molar-refractivity contribution >= 4 is 19.2 Å². The topological polar surface area (TPSA) is 154 Å². The maximum Gasteiger partial charge on any atom is 0.475 e. The molecule has 2 aromatic rings. The second-order valence-corrected chi connectivity index (χ2v) is 8.21. The van der Waals surface area contributed by atoms with Crippen molar-refractivity contribution in [3.8, 4) is 6.07 Å². The number of aliphatic hydroxyl groups is 1. The van der Waals surface area contributed by atoms with Crippen LogP contribution in [-0.2, 0) is 22.9 Å². The van der Waals surface area contributed by atoms with Crippen LogP contribution in [0.25, 0.3) is 5.52 Å². The van der Waals surface area contributed by atoms with Crippen molar-refractivity contribution < 1.29 is 28.0 Å². The van der Waals surface area contributed by atoms with Crippen molar-refractivity contribution in [1.82, 2.24) is 14.6 Å². The first-order valence-corrected chi connectivity index (χ1v) is 9.71. The van der Waals surface area contributed by atoms with Gasteiger partial charge in [0, 0.05) is 0 Å². The predicted molar refractivity (Wildman–Crippen MR) is 90.2 cm³/mol. The summed E-state index contributed by atoms with van der Waals surface area (Å²) in [5, 5.41) is 24.6. The van der Waals surface area contributed by atoms with Crippen LogP contribution in [0, 0.1) is 11.3 Å². The van der Waals surface area contributed by atoms with Gasteiger partial charge in [-0.05, 0) is 26.0 Å². The number of aliphatic hydroxyl groups excluding tert-OH is 1. The lowest BCUT2D eigenvalue weighted by Gasteiger charge is -2.36. The first-order chi connectivity index (χ1) is 12.8. The van der Waals surface area contributed by atoms with Crippen molar-refractivity contribution in [3.63, 3.8) is 0 Å². The van der Waals surface area contributed by atoms with Crippen molar-refractivity contribution in [2.75, 3.05) is 12.3 Å². The smallest absolute Gasteiger partial charge is 0.387 e.